The number of rotatable bonds is 8. The topological polar surface area (TPSA) is 36.4 Å². The molecule has 2 rings (SSSR count). The predicted octanol–water partition coefficient (Wildman–Crippen LogP) is 3.78. The molecule has 4 heteroatoms. The van der Waals surface area contributed by atoms with Crippen LogP contribution in [0.15, 0.2) is 0 Å². The molecule has 108 valence electrons. The Morgan fingerprint density at radius 1 is 1.42 bits per heavy atom. The van der Waals surface area contributed by atoms with Crippen LogP contribution in [-0.2, 0) is 6.61 Å². The number of nitrogens with zero attached hydrogens (tertiary/aromatic N) is 2. The highest BCUT2D eigenvalue weighted by atomic mass is 32.1. The number of aliphatic hydroxyl groups excluding tert-OH is 1. The van der Waals surface area contributed by atoms with Gasteiger partial charge in [-0.3, -0.25) is 0 Å². The van der Waals surface area contributed by atoms with Crippen LogP contribution in [0.2, 0.25) is 0 Å². The van der Waals surface area contributed by atoms with Crippen molar-refractivity contribution in [3.8, 4) is 0 Å². The van der Waals surface area contributed by atoms with Gasteiger partial charge in [0.2, 0.25) is 0 Å². The molecule has 3 nitrogen and oxygen atoms in total. The van der Waals surface area contributed by atoms with Crippen molar-refractivity contribution in [2.24, 2.45) is 5.92 Å². The van der Waals surface area contributed by atoms with Crippen molar-refractivity contribution in [2.45, 2.75) is 59.0 Å². The summed E-state index contributed by atoms with van der Waals surface area (Å²) < 4.78 is 0. The maximum absolute atomic E-state index is 9.53. The molecular formula is C15H26N2OS. The second-order valence-electron chi connectivity index (χ2n) is 5.66. The van der Waals surface area contributed by atoms with Gasteiger partial charge in [0.05, 0.1) is 17.2 Å². The van der Waals surface area contributed by atoms with Gasteiger partial charge in [0.15, 0.2) is 5.13 Å². The Morgan fingerprint density at radius 2 is 2.16 bits per heavy atom. The number of aliphatic hydroxyl groups is 1. The third-order valence-electron chi connectivity index (χ3n) is 3.88. The van der Waals surface area contributed by atoms with Crippen LogP contribution in [0.1, 0.15) is 62.9 Å². The van der Waals surface area contributed by atoms with E-state index >= 15 is 0 Å². The second kappa shape index (κ2) is 6.71. The first kappa shape index (κ1) is 14.8. The van der Waals surface area contributed by atoms with Crippen LogP contribution in [0, 0.1) is 5.92 Å². The first-order chi connectivity index (χ1) is 9.19. The Hall–Kier alpha value is -0.610. The Kier molecular flexibility index (Phi) is 5.22. The molecule has 1 heterocycles. The van der Waals surface area contributed by atoms with Crippen LogP contribution in [-0.4, -0.2) is 23.2 Å². The van der Waals surface area contributed by atoms with E-state index in [0.29, 0.717) is 5.92 Å². The van der Waals surface area contributed by atoms with Crippen LogP contribution in [0.3, 0.4) is 0 Å². The zero-order chi connectivity index (χ0) is 13.8. The van der Waals surface area contributed by atoms with Crippen molar-refractivity contribution in [3.05, 3.63) is 10.6 Å². The van der Waals surface area contributed by atoms with Crippen LogP contribution in [0.25, 0.3) is 0 Å². The zero-order valence-corrected chi connectivity index (χ0v) is 13.2. The number of hydrogen-bond donors (Lipinski definition) is 1. The number of anilines is 1. The molecule has 1 unspecified atom stereocenters. The van der Waals surface area contributed by atoms with Crippen molar-refractivity contribution in [1.29, 1.82) is 0 Å². The summed E-state index contributed by atoms with van der Waals surface area (Å²) in [7, 11) is 0. The van der Waals surface area contributed by atoms with Gasteiger partial charge in [-0.25, -0.2) is 4.98 Å². The molecule has 1 fully saturated rings. The minimum absolute atomic E-state index is 0.126. The lowest BCUT2D eigenvalue weighted by Gasteiger charge is -2.20. The first-order valence-corrected chi connectivity index (χ1v) is 8.36. The van der Waals surface area contributed by atoms with E-state index in [9.17, 15) is 5.11 Å². The van der Waals surface area contributed by atoms with E-state index in [4.69, 9.17) is 4.98 Å². The maximum Gasteiger partial charge on any atom is 0.185 e. The normalized spacial score (nSPS) is 16.6. The molecule has 1 aromatic heterocycles. The van der Waals surface area contributed by atoms with E-state index in [-0.39, 0.29) is 6.61 Å². The van der Waals surface area contributed by atoms with Crippen LogP contribution < -0.4 is 4.90 Å². The summed E-state index contributed by atoms with van der Waals surface area (Å²) in [4.78, 5) is 8.32. The van der Waals surface area contributed by atoms with Gasteiger partial charge < -0.3 is 10.0 Å². The van der Waals surface area contributed by atoms with Crippen LogP contribution >= 0.6 is 11.3 Å². The zero-order valence-electron chi connectivity index (χ0n) is 12.4. The Balaban J connectivity index is 2.18. The number of thiazole rings is 1. The van der Waals surface area contributed by atoms with Gasteiger partial charge in [-0.2, -0.15) is 0 Å². The summed E-state index contributed by atoms with van der Waals surface area (Å²) in [6, 6.07) is 0. The molecule has 0 radical (unpaired) electrons. The summed E-state index contributed by atoms with van der Waals surface area (Å²) in [5, 5.41) is 10.7. The molecule has 1 aliphatic carbocycles. The van der Waals surface area contributed by atoms with E-state index in [0.717, 1.165) is 47.6 Å². The first-order valence-electron chi connectivity index (χ1n) is 7.54. The summed E-state index contributed by atoms with van der Waals surface area (Å²) in [6.45, 7) is 8.94. The highest BCUT2D eigenvalue weighted by molar-refractivity contribution is 7.15. The van der Waals surface area contributed by atoms with Gasteiger partial charge in [-0.05, 0) is 37.5 Å². The van der Waals surface area contributed by atoms with E-state index in [1.807, 2.05) is 0 Å². The fourth-order valence-corrected chi connectivity index (χ4v) is 3.40. The molecule has 0 spiro atoms. The van der Waals surface area contributed by atoms with E-state index in [1.165, 1.54) is 12.8 Å². The summed E-state index contributed by atoms with van der Waals surface area (Å²) in [6.07, 6.45) is 4.97. The van der Waals surface area contributed by atoms with Gasteiger partial charge in [-0.1, -0.05) is 32.1 Å². The summed E-state index contributed by atoms with van der Waals surface area (Å²) in [5.74, 6) is 1.32. The minimum Gasteiger partial charge on any atom is -0.391 e. The molecule has 1 saturated carbocycles. The van der Waals surface area contributed by atoms with Gasteiger partial charge in [0, 0.05) is 13.1 Å². The van der Waals surface area contributed by atoms with Crippen molar-refractivity contribution in [3.63, 3.8) is 0 Å². The lowest BCUT2D eigenvalue weighted by atomic mass is 10.0. The van der Waals surface area contributed by atoms with Gasteiger partial charge in [0.25, 0.3) is 0 Å². The molecule has 0 aromatic carbocycles. The molecular weight excluding hydrogens is 256 g/mol. The Morgan fingerprint density at radius 3 is 2.68 bits per heavy atom. The molecule has 1 atom stereocenters. The number of hydrogen-bond acceptors (Lipinski definition) is 4. The summed E-state index contributed by atoms with van der Waals surface area (Å²) in [5.41, 5.74) is 1.11. The number of aromatic nitrogens is 1. The Labute approximate surface area is 120 Å². The largest absolute Gasteiger partial charge is 0.391 e. The molecule has 1 aromatic rings. The van der Waals surface area contributed by atoms with E-state index < -0.39 is 0 Å². The molecule has 1 N–H and O–H groups in total. The van der Waals surface area contributed by atoms with Crippen molar-refractivity contribution in [2.75, 3.05) is 18.0 Å². The third kappa shape index (κ3) is 3.69. The molecule has 1 aliphatic rings. The van der Waals surface area contributed by atoms with Gasteiger partial charge in [-0.15, -0.1) is 0 Å². The molecule has 19 heavy (non-hydrogen) atoms. The monoisotopic (exact) mass is 282 g/mol. The highest BCUT2D eigenvalue weighted by Gasteiger charge is 2.26. The second-order valence-corrected chi connectivity index (χ2v) is 6.72. The average Bonchev–Trinajstić information content (AvgIpc) is 3.13. The van der Waals surface area contributed by atoms with Crippen LogP contribution in [0.4, 0.5) is 5.13 Å². The fourth-order valence-electron chi connectivity index (χ4n) is 2.32. The quantitative estimate of drug-likeness (QED) is 0.788. The predicted molar refractivity (Wildman–Crippen MR) is 82.0 cm³/mol. The SMILES string of the molecule is CCCN(CC1CC1)c1nc(C(C)CC)c(CO)s1. The minimum atomic E-state index is 0.126. The molecule has 0 amide bonds. The van der Waals surface area contributed by atoms with E-state index in [2.05, 4.69) is 25.7 Å². The average molecular weight is 282 g/mol. The lowest BCUT2D eigenvalue weighted by molar-refractivity contribution is 0.283. The smallest absolute Gasteiger partial charge is 0.185 e. The Bertz CT molecular complexity index is 401. The fraction of sp³-hybridized carbons (Fsp3) is 0.800. The van der Waals surface area contributed by atoms with E-state index in [1.54, 1.807) is 11.3 Å². The molecule has 0 saturated heterocycles. The highest BCUT2D eigenvalue weighted by Crippen LogP contribution is 2.36. The standard InChI is InChI=1S/C15H26N2OS/c1-4-8-17(9-12-6-7-12)15-16-14(11(3)5-2)13(10-18)19-15/h11-12,18H,4-10H2,1-3H3. The van der Waals surface area contributed by atoms with Crippen molar-refractivity contribution >= 4 is 16.5 Å². The molecule has 0 aliphatic heterocycles. The van der Waals surface area contributed by atoms with Crippen molar-refractivity contribution in [1.82, 2.24) is 4.98 Å². The maximum atomic E-state index is 9.53. The van der Waals surface area contributed by atoms with Gasteiger partial charge >= 0.3 is 0 Å². The van der Waals surface area contributed by atoms with Crippen LogP contribution in [0.5, 0.6) is 0 Å². The van der Waals surface area contributed by atoms with Crippen molar-refractivity contribution < 1.29 is 5.11 Å². The molecule has 0 bridgehead atoms. The summed E-state index contributed by atoms with van der Waals surface area (Å²) >= 11 is 1.69. The third-order valence-corrected chi connectivity index (χ3v) is 5.00. The van der Waals surface area contributed by atoms with Gasteiger partial charge in [0.1, 0.15) is 0 Å². The lowest BCUT2D eigenvalue weighted by Crippen LogP contribution is -2.26.